The van der Waals surface area contributed by atoms with Gasteiger partial charge in [-0.05, 0) is 24.6 Å². The van der Waals surface area contributed by atoms with Crippen LogP contribution in [0.15, 0.2) is 30.6 Å². The van der Waals surface area contributed by atoms with E-state index in [1.54, 1.807) is 12.3 Å². The second kappa shape index (κ2) is 7.22. The fraction of sp³-hybridized carbons (Fsp3) is 0.438. The number of benzene rings is 1. The number of aryl methyl sites for hydroxylation is 1. The Morgan fingerprint density at radius 1 is 1.33 bits per heavy atom. The standard InChI is InChI=1S/C16H22FN3O/c1-4-20-10-14(9-19-20)11-21-16-6-5-13(7-15(16)17)8-18-12(2)3/h5-7,9-10,12,18H,4,8,11H2,1-3H3. The van der Waals surface area contributed by atoms with Gasteiger partial charge >= 0.3 is 0 Å². The van der Waals surface area contributed by atoms with Crippen molar-refractivity contribution in [2.75, 3.05) is 0 Å². The first kappa shape index (κ1) is 15.5. The molecule has 2 rings (SSSR count). The minimum atomic E-state index is -0.332. The highest BCUT2D eigenvalue weighted by Crippen LogP contribution is 2.19. The predicted molar refractivity (Wildman–Crippen MR) is 80.6 cm³/mol. The van der Waals surface area contributed by atoms with Crippen LogP contribution in [-0.4, -0.2) is 15.8 Å². The van der Waals surface area contributed by atoms with Crippen LogP contribution < -0.4 is 10.1 Å². The van der Waals surface area contributed by atoms with E-state index in [1.807, 2.05) is 23.9 Å². The summed E-state index contributed by atoms with van der Waals surface area (Å²) in [5.41, 5.74) is 1.84. The highest BCUT2D eigenvalue weighted by molar-refractivity contribution is 5.29. The second-order valence-electron chi connectivity index (χ2n) is 5.29. The molecule has 0 spiro atoms. The molecule has 2 aromatic rings. The molecular formula is C16H22FN3O. The highest BCUT2D eigenvalue weighted by Gasteiger charge is 2.06. The third-order valence-electron chi connectivity index (χ3n) is 3.12. The number of nitrogens with zero attached hydrogens (tertiary/aromatic N) is 2. The summed E-state index contributed by atoms with van der Waals surface area (Å²) < 4.78 is 21.3. The van der Waals surface area contributed by atoms with Crippen molar-refractivity contribution < 1.29 is 9.13 Å². The number of halogens is 1. The van der Waals surface area contributed by atoms with Crippen molar-refractivity contribution in [3.8, 4) is 5.75 Å². The van der Waals surface area contributed by atoms with Gasteiger partial charge in [0.2, 0.25) is 0 Å². The van der Waals surface area contributed by atoms with E-state index in [2.05, 4.69) is 24.3 Å². The van der Waals surface area contributed by atoms with Crippen molar-refractivity contribution in [3.05, 3.63) is 47.5 Å². The molecule has 0 fully saturated rings. The lowest BCUT2D eigenvalue weighted by Crippen LogP contribution is -2.21. The predicted octanol–water partition coefficient (Wildman–Crippen LogP) is 3.12. The van der Waals surface area contributed by atoms with Gasteiger partial charge in [-0.25, -0.2) is 4.39 Å². The molecule has 0 aliphatic carbocycles. The van der Waals surface area contributed by atoms with Crippen molar-refractivity contribution in [2.45, 2.75) is 46.5 Å². The zero-order valence-electron chi connectivity index (χ0n) is 12.8. The van der Waals surface area contributed by atoms with Crippen molar-refractivity contribution in [1.29, 1.82) is 0 Å². The molecule has 0 amide bonds. The Morgan fingerprint density at radius 2 is 2.14 bits per heavy atom. The third-order valence-corrected chi connectivity index (χ3v) is 3.12. The lowest BCUT2D eigenvalue weighted by Gasteiger charge is -2.10. The minimum absolute atomic E-state index is 0.271. The van der Waals surface area contributed by atoms with E-state index in [-0.39, 0.29) is 11.6 Å². The topological polar surface area (TPSA) is 39.1 Å². The zero-order chi connectivity index (χ0) is 15.2. The van der Waals surface area contributed by atoms with Gasteiger partial charge in [-0.1, -0.05) is 19.9 Å². The zero-order valence-corrected chi connectivity index (χ0v) is 12.8. The van der Waals surface area contributed by atoms with Gasteiger partial charge in [-0.15, -0.1) is 0 Å². The maximum absolute atomic E-state index is 14.0. The molecule has 0 aliphatic rings. The summed E-state index contributed by atoms with van der Waals surface area (Å²) >= 11 is 0. The molecular weight excluding hydrogens is 269 g/mol. The van der Waals surface area contributed by atoms with Gasteiger partial charge in [0.05, 0.1) is 6.20 Å². The largest absolute Gasteiger partial charge is 0.486 e. The van der Waals surface area contributed by atoms with Crippen LogP contribution in [0.4, 0.5) is 4.39 Å². The summed E-state index contributed by atoms with van der Waals surface area (Å²) in [4.78, 5) is 0. The van der Waals surface area contributed by atoms with Crippen molar-refractivity contribution in [2.24, 2.45) is 0 Å². The van der Waals surface area contributed by atoms with Crippen LogP contribution in [0.1, 0.15) is 31.9 Å². The molecule has 0 saturated heterocycles. The van der Waals surface area contributed by atoms with Crippen molar-refractivity contribution in [1.82, 2.24) is 15.1 Å². The summed E-state index contributed by atoms with van der Waals surface area (Å²) in [6.07, 6.45) is 3.64. The first-order valence-electron chi connectivity index (χ1n) is 7.24. The van der Waals surface area contributed by atoms with E-state index in [0.29, 0.717) is 19.2 Å². The van der Waals surface area contributed by atoms with Crippen LogP contribution >= 0.6 is 0 Å². The first-order chi connectivity index (χ1) is 10.1. The number of rotatable bonds is 7. The van der Waals surface area contributed by atoms with Crippen molar-refractivity contribution in [3.63, 3.8) is 0 Å². The second-order valence-corrected chi connectivity index (χ2v) is 5.29. The van der Waals surface area contributed by atoms with Gasteiger partial charge in [0.15, 0.2) is 11.6 Å². The van der Waals surface area contributed by atoms with Gasteiger partial charge in [-0.2, -0.15) is 5.10 Å². The van der Waals surface area contributed by atoms with Gasteiger partial charge in [0, 0.05) is 30.9 Å². The Kier molecular flexibility index (Phi) is 5.33. The quantitative estimate of drug-likeness (QED) is 0.852. The Morgan fingerprint density at radius 3 is 2.76 bits per heavy atom. The molecule has 0 unspecified atom stereocenters. The number of nitrogens with one attached hydrogen (secondary N) is 1. The summed E-state index contributed by atoms with van der Waals surface area (Å²) in [5.74, 6) is -0.0616. The fourth-order valence-electron chi connectivity index (χ4n) is 1.91. The van der Waals surface area contributed by atoms with E-state index in [4.69, 9.17) is 4.74 Å². The molecule has 5 heteroatoms. The molecule has 1 N–H and O–H groups in total. The number of aromatic nitrogens is 2. The summed E-state index contributed by atoms with van der Waals surface area (Å²) in [7, 11) is 0. The molecule has 1 aromatic carbocycles. The number of ether oxygens (including phenoxy) is 1. The van der Waals surface area contributed by atoms with E-state index >= 15 is 0 Å². The van der Waals surface area contributed by atoms with Crippen LogP contribution in [0.3, 0.4) is 0 Å². The van der Waals surface area contributed by atoms with Crippen LogP contribution in [0.25, 0.3) is 0 Å². The van der Waals surface area contributed by atoms with E-state index in [1.165, 1.54) is 6.07 Å². The van der Waals surface area contributed by atoms with E-state index in [9.17, 15) is 4.39 Å². The van der Waals surface area contributed by atoms with Crippen LogP contribution in [0.5, 0.6) is 5.75 Å². The number of hydrogen-bond acceptors (Lipinski definition) is 3. The lowest BCUT2D eigenvalue weighted by molar-refractivity contribution is 0.290. The van der Waals surface area contributed by atoms with E-state index < -0.39 is 0 Å². The molecule has 21 heavy (non-hydrogen) atoms. The third kappa shape index (κ3) is 4.56. The molecule has 114 valence electrons. The average Bonchev–Trinajstić information content (AvgIpc) is 2.92. The normalized spacial score (nSPS) is 11.1. The van der Waals surface area contributed by atoms with Crippen LogP contribution in [0.2, 0.25) is 0 Å². The Hall–Kier alpha value is -1.88. The van der Waals surface area contributed by atoms with Gasteiger partial charge in [-0.3, -0.25) is 4.68 Å². The van der Waals surface area contributed by atoms with Gasteiger partial charge < -0.3 is 10.1 Å². The number of hydrogen-bond donors (Lipinski definition) is 1. The molecule has 0 saturated carbocycles. The van der Waals surface area contributed by atoms with Crippen LogP contribution in [-0.2, 0) is 19.7 Å². The Bertz CT molecular complexity index is 581. The highest BCUT2D eigenvalue weighted by atomic mass is 19.1. The van der Waals surface area contributed by atoms with Crippen LogP contribution in [0, 0.1) is 5.82 Å². The van der Waals surface area contributed by atoms with Gasteiger partial charge in [0.25, 0.3) is 0 Å². The SMILES string of the molecule is CCn1cc(COc2ccc(CNC(C)C)cc2F)cn1. The molecule has 0 radical (unpaired) electrons. The maximum Gasteiger partial charge on any atom is 0.165 e. The molecule has 0 atom stereocenters. The summed E-state index contributed by atoms with van der Waals surface area (Å²) in [5, 5.41) is 7.42. The first-order valence-corrected chi connectivity index (χ1v) is 7.24. The molecule has 1 aromatic heterocycles. The van der Waals surface area contributed by atoms with Gasteiger partial charge in [0.1, 0.15) is 6.61 Å². The average molecular weight is 291 g/mol. The smallest absolute Gasteiger partial charge is 0.165 e. The monoisotopic (exact) mass is 291 g/mol. The molecule has 4 nitrogen and oxygen atoms in total. The molecule has 1 heterocycles. The molecule has 0 aliphatic heterocycles. The fourth-order valence-corrected chi connectivity index (χ4v) is 1.91. The van der Waals surface area contributed by atoms with Crippen molar-refractivity contribution >= 4 is 0 Å². The molecule has 0 bridgehead atoms. The Labute approximate surface area is 124 Å². The minimum Gasteiger partial charge on any atom is -0.486 e. The maximum atomic E-state index is 14.0. The lowest BCUT2D eigenvalue weighted by atomic mass is 10.2. The Balaban J connectivity index is 1.94. The van der Waals surface area contributed by atoms with E-state index in [0.717, 1.165) is 17.7 Å². The summed E-state index contributed by atoms with van der Waals surface area (Å²) in [6, 6.07) is 5.44. The summed E-state index contributed by atoms with van der Waals surface area (Å²) in [6.45, 7) is 7.92.